The largest absolute Gasteiger partial charge is 0.508 e. The number of amides is 1. The quantitative estimate of drug-likeness (QED) is 0.499. The van der Waals surface area contributed by atoms with Crippen molar-refractivity contribution in [2.24, 2.45) is 0 Å². The van der Waals surface area contributed by atoms with E-state index in [9.17, 15) is 14.7 Å². The molecule has 0 saturated carbocycles. The van der Waals surface area contributed by atoms with E-state index >= 15 is 0 Å². The first kappa shape index (κ1) is 15.4. The van der Waals surface area contributed by atoms with Crippen LogP contribution in [0.15, 0.2) is 42.5 Å². The fourth-order valence-corrected chi connectivity index (χ4v) is 1.97. The van der Waals surface area contributed by atoms with Crippen molar-refractivity contribution < 1.29 is 19.8 Å². The Bertz CT molecular complexity index is 696. The standard InChI is InChI=1S/C16H16N2O4/c17-11-4-1-10(2-5-11)3-8-15(20)18-14-7-6-12(19)9-13(14)16(21)22/h1-2,4-7,9,19H,3,8,17H2,(H,18,20)(H,21,22). The van der Waals surface area contributed by atoms with E-state index in [-0.39, 0.29) is 29.3 Å². The maximum atomic E-state index is 11.9. The van der Waals surface area contributed by atoms with E-state index in [4.69, 9.17) is 10.8 Å². The lowest BCUT2D eigenvalue weighted by Crippen LogP contribution is -2.15. The highest BCUT2D eigenvalue weighted by Crippen LogP contribution is 2.21. The molecule has 2 rings (SSSR count). The van der Waals surface area contributed by atoms with Gasteiger partial charge in [-0.1, -0.05) is 12.1 Å². The van der Waals surface area contributed by atoms with Gasteiger partial charge in [-0.05, 0) is 42.3 Å². The van der Waals surface area contributed by atoms with Crippen molar-refractivity contribution in [3.63, 3.8) is 0 Å². The number of nitrogens with one attached hydrogen (secondary N) is 1. The summed E-state index contributed by atoms with van der Waals surface area (Å²) in [6.45, 7) is 0. The number of carboxylic acid groups (broad SMARTS) is 1. The van der Waals surface area contributed by atoms with E-state index in [1.165, 1.54) is 12.1 Å². The number of hydrogen-bond acceptors (Lipinski definition) is 4. The van der Waals surface area contributed by atoms with Crippen LogP contribution in [-0.2, 0) is 11.2 Å². The highest BCUT2D eigenvalue weighted by Gasteiger charge is 2.13. The number of benzene rings is 2. The maximum absolute atomic E-state index is 11.9. The van der Waals surface area contributed by atoms with E-state index < -0.39 is 5.97 Å². The molecule has 0 aliphatic rings. The smallest absolute Gasteiger partial charge is 0.337 e. The van der Waals surface area contributed by atoms with Crippen LogP contribution >= 0.6 is 0 Å². The average molecular weight is 300 g/mol. The second-order valence-electron chi connectivity index (χ2n) is 4.82. The molecule has 2 aromatic rings. The summed E-state index contributed by atoms with van der Waals surface area (Å²) in [4.78, 5) is 23.0. The number of carbonyl (C=O) groups excluding carboxylic acids is 1. The third kappa shape index (κ3) is 3.99. The third-order valence-corrected chi connectivity index (χ3v) is 3.13. The molecule has 114 valence electrons. The van der Waals surface area contributed by atoms with Crippen molar-refractivity contribution in [2.75, 3.05) is 11.1 Å². The molecule has 0 radical (unpaired) electrons. The van der Waals surface area contributed by atoms with Crippen molar-refractivity contribution >= 4 is 23.3 Å². The number of nitrogen functional groups attached to an aromatic ring is 1. The highest BCUT2D eigenvalue weighted by atomic mass is 16.4. The predicted molar refractivity (Wildman–Crippen MR) is 82.9 cm³/mol. The highest BCUT2D eigenvalue weighted by molar-refractivity contribution is 6.00. The van der Waals surface area contributed by atoms with Gasteiger partial charge in [0.1, 0.15) is 5.75 Å². The van der Waals surface area contributed by atoms with E-state index in [1.807, 2.05) is 12.1 Å². The Labute approximate surface area is 127 Å². The number of phenolic OH excluding ortho intramolecular Hbond substituents is 1. The van der Waals surface area contributed by atoms with Crippen LogP contribution in [0.5, 0.6) is 5.75 Å². The first-order valence-electron chi connectivity index (χ1n) is 6.66. The average Bonchev–Trinajstić information content (AvgIpc) is 2.48. The van der Waals surface area contributed by atoms with E-state index in [0.29, 0.717) is 12.1 Å². The molecule has 5 N–H and O–H groups in total. The maximum Gasteiger partial charge on any atom is 0.337 e. The zero-order chi connectivity index (χ0) is 16.1. The molecule has 0 bridgehead atoms. The Morgan fingerprint density at radius 1 is 1.09 bits per heavy atom. The molecular weight excluding hydrogens is 284 g/mol. The number of anilines is 2. The number of aromatic carboxylic acids is 1. The number of hydrogen-bond donors (Lipinski definition) is 4. The van der Waals surface area contributed by atoms with Gasteiger partial charge in [-0.2, -0.15) is 0 Å². The molecular formula is C16H16N2O4. The lowest BCUT2D eigenvalue weighted by molar-refractivity contribution is -0.116. The molecule has 0 heterocycles. The van der Waals surface area contributed by atoms with Crippen molar-refractivity contribution in [1.82, 2.24) is 0 Å². The van der Waals surface area contributed by atoms with Gasteiger partial charge in [-0.25, -0.2) is 4.79 Å². The van der Waals surface area contributed by atoms with Crippen LogP contribution in [0.1, 0.15) is 22.3 Å². The van der Waals surface area contributed by atoms with Crippen LogP contribution in [0.25, 0.3) is 0 Å². The zero-order valence-corrected chi connectivity index (χ0v) is 11.7. The first-order valence-corrected chi connectivity index (χ1v) is 6.66. The monoisotopic (exact) mass is 300 g/mol. The van der Waals surface area contributed by atoms with Crippen molar-refractivity contribution in [3.8, 4) is 5.75 Å². The zero-order valence-electron chi connectivity index (χ0n) is 11.7. The summed E-state index contributed by atoms with van der Waals surface area (Å²) in [5.41, 5.74) is 7.22. The molecule has 1 amide bonds. The molecule has 6 heteroatoms. The van der Waals surface area contributed by atoms with Gasteiger partial charge in [-0.15, -0.1) is 0 Å². The molecule has 0 atom stereocenters. The molecule has 0 fully saturated rings. The SMILES string of the molecule is Nc1ccc(CCC(=O)Nc2ccc(O)cc2C(=O)O)cc1. The molecule has 0 unspecified atom stereocenters. The van der Waals surface area contributed by atoms with Crippen LogP contribution in [0.2, 0.25) is 0 Å². The van der Waals surface area contributed by atoms with Crippen molar-refractivity contribution in [1.29, 1.82) is 0 Å². The van der Waals surface area contributed by atoms with Gasteiger partial charge in [-0.3, -0.25) is 4.79 Å². The van der Waals surface area contributed by atoms with Gasteiger partial charge in [0.15, 0.2) is 0 Å². The fourth-order valence-electron chi connectivity index (χ4n) is 1.97. The Morgan fingerprint density at radius 3 is 2.41 bits per heavy atom. The normalized spacial score (nSPS) is 10.2. The summed E-state index contributed by atoms with van der Waals surface area (Å²) in [5, 5.41) is 20.9. The molecule has 0 saturated heterocycles. The van der Waals surface area contributed by atoms with Gasteiger partial charge in [0.05, 0.1) is 11.3 Å². The molecule has 0 aliphatic carbocycles. The first-order chi connectivity index (χ1) is 10.5. The van der Waals surface area contributed by atoms with Gasteiger partial charge in [0, 0.05) is 12.1 Å². The lowest BCUT2D eigenvalue weighted by Gasteiger charge is -2.09. The molecule has 0 spiro atoms. The second kappa shape index (κ2) is 6.62. The minimum absolute atomic E-state index is 0.152. The molecule has 2 aromatic carbocycles. The fraction of sp³-hybridized carbons (Fsp3) is 0.125. The third-order valence-electron chi connectivity index (χ3n) is 3.13. The summed E-state index contributed by atoms with van der Waals surface area (Å²) in [6, 6.07) is 11.0. The number of carbonyl (C=O) groups is 2. The van der Waals surface area contributed by atoms with Crippen molar-refractivity contribution in [2.45, 2.75) is 12.8 Å². The lowest BCUT2D eigenvalue weighted by atomic mass is 10.1. The van der Waals surface area contributed by atoms with Gasteiger partial charge < -0.3 is 21.3 Å². The van der Waals surface area contributed by atoms with Crippen LogP contribution in [0, 0.1) is 0 Å². The topological polar surface area (TPSA) is 113 Å². The number of phenols is 1. The summed E-state index contributed by atoms with van der Waals surface area (Å²) >= 11 is 0. The van der Waals surface area contributed by atoms with Crippen LogP contribution in [-0.4, -0.2) is 22.1 Å². The van der Waals surface area contributed by atoms with E-state index in [0.717, 1.165) is 11.6 Å². The van der Waals surface area contributed by atoms with Crippen LogP contribution in [0.3, 0.4) is 0 Å². The minimum Gasteiger partial charge on any atom is -0.508 e. The summed E-state index contributed by atoms with van der Waals surface area (Å²) in [5.74, 6) is -1.69. The summed E-state index contributed by atoms with van der Waals surface area (Å²) in [6.07, 6.45) is 0.733. The number of aromatic hydroxyl groups is 1. The van der Waals surface area contributed by atoms with Gasteiger partial charge in [0.2, 0.25) is 5.91 Å². The summed E-state index contributed by atoms with van der Waals surface area (Å²) < 4.78 is 0. The Balaban J connectivity index is 2.00. The number of aryl methyl sites for hydroxylation is 1. The number of carboxylic acids is 1. The van der Waals surface area contributed by atoms with Gasteiger partial charge in [0.25, 0.3) is 0 Å². The Kier molecular flexibility index (Phi) is 4.63. The van der Waals surface area contributed by atoms with Crippen molar-refractivity contribution in [3.05, 3.63) is 53.6 Å². The summed E-state index contributed by atoms with van der Waals surface area (Å²) in [7, 11) is 0. The Hall–Kier alpha value is -3.02. The van der Waals surface area contributed by atoms with Gasteiger partial charge >= 0.3 is 5.97 Å². The number of nitrogens with two attached hydrogens (primary N) is 1. The van der Waals surface area contributed by atoms with Crippen LogP contribution in [0.4, 0.5) is 11.4 Å². The molecule has 0 aliphatic heterocycles. The van der Waals surface area contributed by atoms with E-state index in [2.05, 4.69) is 5.32 Å². The number of rotatable bonds is 5. The molecule has 6 nitrogen and oxygen atoms in total. The van der Waals surface area contributed by atoms with E-state index in [1.54, 1.807) is 12.1 Å². The van der Waals surface area contributed by atoms with Crippen LogP contribution < -0.4 is 11.1 Å². The molecule has 0 aromatic heterocycles. The Morgan fingerprint density at radius 2 is 1.77 bits per heavy atom. The molecule has 22 heavy (non-hydrogen) atoms. The predicted octanol–water partition coefficient (Wildman–Crippen LogP) is 2.24. The minimum atomic E-state index is -1.22. The second-order valence-corrected chi connectivity index (χ2v) is 4.82.